The Labute approximate surface area is 111 Å². The molecule has 104 valence electrons. The van der Waals surface area contributed by atoms with Gasteiger partial charge in [0, 0.05) is 33.1 Å². The summed E-state index contributed by atoms with van der Waals surface area (Å²) in [6, 6.07) is 0. The van der Waals surface area contributed by atoms with E-state index in [1.54, 1.807) is 19.0 Å². The predicted octanol–water partition coefficient (Wildman–Crippen LogP) is -0.399. The number of carbonyl (C=O) groups excluding carboxylic acids is 2. The lowest BCUT2D eigenvalue weighted by Crippen LogP contribution is -2.43. The number of aryl methyl sites for hydroxylation is 1. The summed E-state index contributed by atoms with van der Waals surface area (Å²) in [6.45, 7) is 1.14. The first-order valence-electron chi connectivity index (χ1n) is 6.33. The minimum Gasteiger partial charge on any atom is -0.396 e. The Morgan fingerprint density at radius 3 is 2.53 bits per heavy atom. The third kappa shape index (κ3) is 2.54. The van der Waals surface area contributed by atoms with Crippen LogP contribution in [0.15, 0.2) is 6.20 Å². The van der Waals surface area contributed by atoms with Gasteiger partial charge in [0.15, 0.2) is 0 Å². The minimum atomic E-state index is -0.118. The summed E-state index contributed by atoms with van der Waals surface area (Å²) in [4.78, 5) is 25.6. The number of hydrogen-bond acceptors (Lipinski definition) is 4. The van der Waals surface area contributed by atoms with E-state index in [0.29, 0.717) is 37.3 Å². The zero-order valence-corrected chi connectivity index (χ0v) is 11.2. The molecule has 3 N–H and O–H groups in total. The Morgan fingerprint density at radius 2 is 2.05 bits per heavy atom. The van der Waals surface area contributed by atoms with Crippen molar-refractivity contribution in [1.29, 1.82) is 0 Å². The van der Waals surface area contributed by atoms with Crippen LogP contribution in [0.3, 0.4) is 0 Å². The van der Waals surface area contributed by atoms with Crippen molar-refractivity contribution in [2.45, 2.75) is 12.8 Å². The summed E-state index contributed by atoms with van der Waals surface area (Å²) >= 11 is 0. The maximum Gasteiger partial charge on any atom is 0.274 e. The number of nitrogens with two attached hydrogens (primary N) is 1. The average Bonchev–Trinajstić information content (AvgIpc) is 2.77. The fraction of sp³-hybridized carbons (Fsp3) is 0.583. The van der Waals surface area contributed by atoms with Crippen LogP contribution < -0.4 is 11.1 Å². The van der Waals surface area contributed by atoms with E-state index in [-0.39, 0.29) is 17.7 Å². The molecule has 1 saturated heterocycles. The number of carbonyl (C=O) groups is 2. The fourth-order valence-electron chi connectivity index (χ4n) is 2.42. The molecule has 1 fully saturated rings. The molecule has 1 aromatic rings. The highest BCUT2D eigenvalue weighted by Crippen LogP contribution is 2.20. The second-order valence-corrected chi connectivity index (χ2v) is 4.75. The van der Waals surface area contributed by atoms with Gasteiger partial charge in [0.1, 0.15) is 5.69 Å². The first-order chi connectivity index (χ1) is 9.04. The lowest BCUT2D eigenvalue weighted by Gasteiger charge is -2.31. The summed E-state index contributed by atoms with van der Waals surface area (Å²) in [5.41, 5.74) is 6.56. The molecule has 0 aromatic carbocycles. The third-order valence-electron chi connectivity index (χ3n) is 3.57. The molecule has 0 bridgehead atoms. The normalized spacial score (nSPS) is 16.4. The van der Waals surface area contributed by atoms with Crippen molar-refractivity contribution in [3.05, 3.63) is 11.9 Å². The van der Waals surface area contributed by atoms with Crippen molar-refractivity contribution in [2.24, 2.45) is 13.0 Å². The van der Waals surface area contributed by atoms with Crippen molar-refractivity contribution in [1.82, 2.24) is 20.0 Å². The lowest BCUT2D eigenvalue weighted by atomic mass is 9.96. The predicted molar refractivity (Wildman–Crippen MR) is 70.3 cm³/mol. The van der Waals surface area contributed by atoms with Crippen molar-refractivity contribution in [3.63, 3.8) is 0 Å². The average molecular weight is 265 g/mol. The van der Waals surface area contributed by atoms with Crippen LogP contribution in [-0.4, -0.2) is 46.6 Å². The smallest absolute Gasteiger partial charge is 0.274 e. The molecule has 7 nitrogen and oxygen atoms in total. The standard InChI is InChI=1S/C12H19N5O2/c1-14-11(18)8-3-5-17(6-4-8)12(19)10-9(13)7-15-16(10)2/h7-8H,3-6,13H2,1-2H3,(H,14,18). The van der Waals surface area contributed by atoms with E-state index in [1.165, 1.54) is 10.9 Å². The molecule has 1 aliphatic heterocycles. The Morgan fingerprint density at radius 1 is 1.42 bits per heavy atom. The molecule has 0 aliphatic carbocycles. The van der Waals surface area contributed by atoms with Crippen LogP contribution in [0.4, 0.5) is 5.69 Å². The van der Waals surface area contributed by atoms with Gasteiger partial charge in [-0.3, -0.25) is 14.3 Å². The zero-order chi connectivity index (χ0) is 14.0. The molecule has 0 atom stereocenters. The Balaban J connectivity index is 2.02. The number of anilines is 1. The largest absolute Gasteiger partial charge is 0.396 e. The number of nitrogens with one attached hydrogen (secondary N) is 1. The highest BCUT2D eigenvalue weighted by atomic mass is 16.2. The van der Waals surface area contributed by atoms with Gasteiger partial charge < -0.3 is 16.0 Å². The molecule has 19 heavy (non-hydrogen) atoms. The molecule has 2 rings (SSSR count). The summed E-state index contributed by atoms with van der Waals surface area (Å²) in [5, 5.41) is 6.62. The maximum absolute atomic E-state index is 12.3. The number of piperidine rings is 1. The van der Waals surface area contributed by atoms with E-state index in [9.17, 15) is 9.59 Å². The lowest BCUT2D eigenvalue weighted by molar-refractivity contribution is -0.125. The van der Waals surface area contributed by atoms with Crippen molar-refractivity contribution >= 4 is 17.5 Å². The van der Waals surface area contributed by atoms with Gasteiger partial charge in [-0.05, 0) is 12.8 Å². The summed E-state index contributed by atoms with van der Waals surface area (Å²) in [7, 11) is 3.33. The van der Waals surface area contributed by atoms with Crippen LogP contribution in [0.25, 0.3) is 0 Å². The van der Waals surface area contributed by atoms with E-state index in [1.807, 2.05) is 0 Å². The number of amides is 2. The van der Waals surface area contributed by atoms with E-state index in [4.69, 9.17) is 5.73 Å². The van der Waals surface area contributed by atoms with Crippen LogP contribution in [0.2, 0.25) is 0 Å². The van der Waals surface area contributed by atoms with E-state index >= 15 is 0 Å². The Kier molecular flexibility index (Phi) is 3.73. The highest BCUT2D eigenvalue weighted by molar-refractivity contribution is 5.97. The number of likely N-dealkylation sites (tertiary alicyclic amines) is 1. The first kappa shape index (κ1) is 13.4. The Bertz CT molecular complexity index is 469. The molecule has 2 amide bonds. The Hall–Kier alpha value is -2.05. The van der Waals surface area contributed by atoms with Crippen molar-refractivity contribution < 1.29 is 9.59 Å². The summed E-state index contributed by atoms with van der Waals surface area (Å²) < 4.78 is 1.49. The highest BCUT2D eigenvalue weighted by Gasteiger charge is 2.29. The molecular weight excluding hydrogens is 246 g/mol. The van der Waals surface area contributed by atoms with Gasteiger partial charge in [0.05, 0.1) is 11.9 Å². The molecule has 7 heteroatoms. The molecular formula is C12H19N5O2. The van der Waals surface area contributed by atoms with Crippen LogP contribution in [0.1, 0.15) is 23.3 Å². The van der Waals surface area contributed by atoms with Gasteiger partial charge in [-0.25, -0.2) is 0 Å². The second-order valence-electron chi connectivity index (χ2n) is 4.75. The first-order valence-corrected chi connectivity index (χ1v) is 6.33. The topological polar surface area (TPSA) is 93.2 Å². The van der Waals surface area contributed by atoms with Crippen LogP contribution >= 0.6 is 0 Å². The minimum absolute atomic E-state index is 0.00191. The molecule has 0 radical (unpaired) electrons. The maximum atomic E-state index is 12.3. The number of hydrogen-bond donors (Lipinski definition) is 2. The summed E-state index contributed by atoms with van der Waals surface area (Å²) in [5.74, 6) is -0.0714. The van der Waals surface area contributed by atoms with Gasteiger partial charge in [0.2, 0.25) is 5.91 Å². The fourth-order valence-corrected chi connectivity index (χ4v) is 2.42. The molecule has 2 heterocycles. The number of nitrogen functional groups attached to an aromatic ring is 1. The second kappa shape index (κ2) is 5.29. The quantitative estimate of drug-likeness (QED) is 0.761. The van der Waals surface area contributed by atoms with Gasteiger partial charge in [-0.2, -0.15) is 5.10 Å². The monoisotopic (exact) mass is 265 g/mol. The van der Waals surface area contributed by atoms with Crippen LogP contribution in [0, 0.1) is 5.92 Å². The number of nitrogens with zero attached hydrogens (tertiary/aromatic N) is 3. The molecule has 1 aliphatic rings. The molecule has 1 aromatic heterocycles. The SMILES string of the molecule is CNC(=O)C1CCN(C(=O)c2c(N)cnn2C)CC1. The van der Waals surface area contributed by atoms with Gasteiger partial charge in [0.25, 0.3) is 5.91 Å². The van der Waals surface area contributed by atoms with Crippen LogP contribution in [-0.2, 0) is 11.8 Å². The third-order valence-corrected chi connectivity index (χ3v) is 3.57. The van der Waals surface area contributed by atoms with Crippen LogP contribution in [0.5, 0.6) is 0 Å². The van der Waals surface area contributed by atoms with Crippen molar-refractivity contribution in [2.75, 3.05) is 25.9 Å². The van der Waals surface area contributed by atoms with E-state index in [0.717, 1.165) is 0 Å². The number of aromatic nitrogens is 2. The molecule has 0 spiro atoms. The van der Waals surface area contributed by atoms with Gasteiger partial charge in [-0.1, -0.05) is 0 Å². The molecule has 0 unspecified atom stereocenters. The molecule has 0 saturated carbocycles. The zero-order valence-electron chi connectivity index (χ0n) is 11.2. The summed E-state index contributed by atoms with van der Waals surface area (Å²) in [6.07, 6.45) is 2.84. The number of rotatable bonds is 2. The van der Waals surface area contributed by atoms with Gasteiger partial charge in [-0.15, -0.1) is 0 Å². The van der Waals surface area contributed by atoms with E-state index in [2.05, 4.69) is 10.4 Å². The van der Waals surface area contributed by atoms with Gasteiger partial charge >= 0.3 is 0 Å². The van der Waals surface area contributed by atoms with Crippen molar-refractivity contribution in [3.8, 4) is 0 Å². The van der Waals surface area contributed by atoms with E-state index < -0.39 is 0 Å².